The monoisotopic (exact) mass is 408 g/mol. The molecule has 150 valence electrons. The van der Waals surface area contributed by atoms with Crippen molar-refractivity contribution in [2.45, 2.75) is 38.5 Å². The minimum absolute atomic E-state index is 0.00287. The van der Waals surface area contributed by atoms with Crippen LogP contribution in [0.5, 0.6) is 0 Å². The number of hydrogen-bond acceptors (Lipinski definition) is 7. The highest BCUT2D eigenvalue weighted by atomic mass is 32.2. The van der Waals surface area contributed by atoms with Crippen LogP contribution in [0.15, 0.2) is 24.3 Å². The minimum Gasteiger partial charge on any atom is -0.451 e. The van der Waals surface area contributed by atoms with Crippen molar-refractivity contribution in [3.63, 3.8) is 0 Å². The number of imide groups is 1. The molecule has 2 aliphatic heterocycles. The van der Waals surface area contributed by atoms with Gasteiger partial charge in [0, 0.05) is 6.04 Å². The Kier molecular flexibility index (Phi) is 5.24. The van der Waals surface area contributed by atoms with E-state index in [0.717, 1.165) is 4.90 Å². The zero-order valence-electron chi connectivity index (χ0n) is 15.4. The van der Waals surface area contributed by atoms with E-state index >= 15 is 0 Å². The van der Waals surface area contributed by atoms with E-state index in [9.17, 15) is 27.6 Å². The average molecular weight is 408 g/mol. The number of ether oxygens (including phenoxy) is 1. The number of hydrogen-bond donors (Lipinski definition) is 1. The Balaban J connectivity index is 1.61. The van der Waals surface area contributed by atoms with Gasteiger partial charge in [-0.3, -0.25) is 19.3 Å². The van der Waals surface area contributed by atoms with Gasteiger partial charge in [-0.15, -0.1) is 0 Å². The second-order valence-electron chi connectivity index (χ2n) is 6.89. The first-order chi connectivity index (χ1) is 13.1. The van der Waals surface area contributed by atoms with Gasteiger partial charge in [0.05, 0.1) is 22.6 Å². The third-order valence-corrected chi connectivity index (χ3v) is 6.56. The molecule has 10 heteroatoms. The molecule has 1 aromatic carbocycles. The number of esters is 1. The summed E-state index contributed by atoms with van der Waals surface area (Å²) >= 11 is 0. The predicted octanol–water partition coefficient (Wildman–Crippen LogP) is -0.0939. The van der Waals surface area contributed by atoms with Crippen molar-refractivity contribution in [1.82, 2.24) is 10.2 Å². The standard InChI is InChI=1S/C18H20N2O7S/c1-10(20-16(22)13-5-3-4-6-14(13)17(20)23)18(24)27-11(2)15(21)19-12-7-8-28(25,26)9-12/h3-6,10-12H,7-9H2,1-2H3,(H,19,21)/t10-,11+,12+/m1/s1. The largest absolute Gasteiger partial charge is 0.451 e. The summed E-state index contributed by atoms with van der Waals surface area (Å²) in [6, 6.07) is 4.50. The minimum atomic E-state index is -3.16. The van der Waals surface area contributed by atoms with Gasteiger partial charge in [-0.2, -0.15) is 0 Å². The fourth-order valence-corrected chi connectivity index (χ4v) is 4.89. The van der Waals surface area contributed by atoms with Crippen molar-refractivity contribution in [3.05, 3.63) is 35.4 Å². The maximum atomic E-state index is 12.4. The maximum absolute atomic E-state index is 12.4. The Hall–Kier alpha value is -2.75. The highest BCUT2D eigenvalue weighted by molar-refractivity contribution is 7.91. The van der Waals surface area contributed by atoms with Crippen LogP contribution in [-0.4, -0.2) is 66.7 Å². The molecule has 0 radical (unpaired) electrons. The number of fused-ring (bicyclic) bond motifs is 1. The predicted molar refractivity (Wildman–Crippen MR) is 97.2 cm³/mol. The second kappa shape index (κ2) is 7.34. The molecule has 2 aliphatic rings. The lowest BCUT2D eigenvalue weighted by molar-refractivity contribution is -0.158. The third-order valence-electron chi connectivity index (χ3n) is 4.79. The topological polar surface area (TPSA) is 127 Å². The van der Waals surface area contributed by atoms with Gasteiger partial charge in [-0.1, -0.05) is 12.1 Å². The molecule has 0 unspecified atom stereocenters. The number of amides is 3. The summed E-state index contributed by atoms with van der Waals surface area (Å²) < 4.78 is 28.0. The van der Waals surface area contributed by atoms with Crippen LogP contribution in [0.25, 0.3) is 0 Å². The lowest BCUT2D eigenvalue weighted by atomic mass is 10.1. The molecular formula is C18H20N2O7S. The van der Waals surface area contributed by atoms with E-state index in [1.165, 1.54) is 26.0 Å². The smallest absolute Gasteiger partial charge is 0.329 e. The number of nitrogens with one attached hydrogen (secondary N) is 1. The zero-order valence-corrected chi connectivity index (χ0v) is 16.2. The van der Waals surface area contributed by atoms with Gasteiger partial charge in [-0.25, -0.2) is 13.2 Å². The first-order valence-electron chi connectivity index (χ1n) is 8.79. The van der Waals surface area contributed by atoms with E-state index < -0.39 is 51.7 Å². The van der Waals surface area contributed by atoms with Gasteiger partial charge >= 0.3 is 5.97 Å². The first kappa shape index (κ1) is 20.0. The van der Waals surface area contributed by atoms with Gasteiger partial charge < -0.3 is 10.1 Å². The van der Waals surface area contributed by atoms with Crippen LogP contribution in [0.4, 0.5) is 0 Å². The van der Waals surface area contributed by atoms with Crippen molar-refractivity contribution in [3.8, 4) is 0 Å². The molecular weight excluding hydrogens is 388 g/mol. The van der Waals surface area contributed by atoms with E-state index in [4.69, 9.17) is 4.74 Å². The normalized spacial score (nSPS) is 22.5. The van der Waals surface area contributed by atoms with E-state index in [-0.39, 0.29) is 22.6 Å². The first-order valence-corrected chi connectivity index (χ1v) is 10.6. The molecule has 1 fully saturated rings. The summed E-state index contributed by atoms with van der Waals surface area (Å²) in [5, 5.41) is 2.54. The molecule has 0 aromatic heterocycles. The highest BCUT2D eigenvalue weighted by Crippen LogP contribution is 2.25. The van der Waals surface area contributed by atoms with E-state index in [1.54, 1.807) is 12.1 Å². The molecule has 3 rings (SSSR count). The second-order valence-corrected chi connectivity index (χ2v) is 9.12. The van der Waals surface area contributed by atoms with Crippen LogP contribution in [-0.2, 0) is 24.2 Å². The molecule has 9 nitrogen and oxygen atoms in total. The fraction of sp³-hybridized carbons (Fsp3) is 0.444. The number of rotatable bonds is 5. The molecule has 1 aromatic rings. The molecule has 1 saturated heterocycles. The molecule has 1 N–H and O–H groups in total. The van der Waals surface area contributed by atoms with Crippen molar-refractivity contribution in [1.29, 1.82) is 0 Å². The Bertz CT molecular complexity index is 921. The van der Waals surface area contributed by atoms with Gasteiger partial charge in [0.15, 0.2) is 15.9 Å². The summed E-state index contributed by atoms with van der Waals surface area (Å²) in [5.41, 5.74) is 0.417. The summed E-state index contributed by atoms with van der Waals surface area (Å²) in [7, 11) is -3.16. The van der Waals surface area contributed by atoms with E-state index in [0.29, 0.717) is 6.42 Å². The van der Waals surface area contributed by atoms with E-state index in [1.807, 2.05) is 0 Å². The van der Waals surface area contributed by atoms with Gasteiger partial charge in [-0.05, 0) is 32.4 Å². The average Bonchev–Trinajstić information content (AvgIpc) is 3.11. The van der Waals surface area contributed by atoms with Crippen molar-refractivity contribution in [2.24, 2.45) is 0 Å². The third kappa shape index (κ3) is 3.77. The molecule has 0 bridgehead atoms. The zero-order chi connectivity index (χ0) is 20.6. The Morgan fingerprint density at radius 1 is 1.14 bits per heavy atom. The molecule has 2 heterocycles. The van der Waals surface area contributed by atoms with Crippen LogP contribution in [0, 0.1) is 0 Å². The van der Waals surface area contributed by atoms with Crippen LogP contribution in [0.1, 0.15) is 41.0 Å². The quantitative estimate of drug-likeness (QED) is 0.533. The summed E-state index contributed by atoms with van der Waals surface area (Å²) in [6.45, 7) is 2.68. The van der Waals surface area contributed by atoms with Crippen molar-refractivity contribution in [2.75, 3.05) is 11.5 Å². The number of carbonyl (C=O) groups excluding carboxylic acids is 4. The number of sulfone groups is 1. The molecule has 0 saturated carbocycles. The summed E-state index contributed by atoms with van der Waals surface area (Å²) in [4.78, 5) is 50.2. The SMILES string of the molecule is C[C@H](OC(=O)[C@@H](C)N1C(=O)c2ccccc2C1=O)C(=O)N[C@H]1CCS(=O)(=O)C1. The molecule has 3 atom stereocenters. The maximum Gasteiger partial charge on any atom is 0.329 e. The van der Waals surface area contributed by atoms with Gasteiger partial charge in [0.1, 0.15) is 6.04 Å². The fourth-order valence-electron chi connectivity index (χ4n) is 3.22. The molecule has 0 spiro atoms. The lowest BCUT2D eigenvalue weighted by Gasteiger charge is -2.23. The lowest BCUT2D eigenvalue weighted by Crippen LogP contribution is -2.47. The van der Waals surface area contributed by atoms with Crippen molar-refractivity contribution >= 4 is 33.5 Å². The molecule has 3 amide bonds. The summed E-state index contributed by atoms with van der Waals surface area (Å²) in [5.74, 6) is -2.88. The summed E-state index contributed by atoms with van der Waals surface area (Å²) in [6.07, 6.45) is -0.895. The van der Waals surface area contributed by atoms with Gasteiger partial charge in [0.25, 0.3) is 17.7 Å². The number of carbonyl (C=O) groups is 4. The van der Waals surface area contributed by atoms with Crippen LogP contribution < -0.4 is 5.32 Å². The van der Waals surface area contributed by atoms with Crippen LogP contribution in [0.3, 0.4) is 0 Å². The van der Waals surface area contributed by atoms with Gasteiger partial charge in [0.2, 0.25) is 0 Å². The molecule has 0 aliphatic carbocycles. The van der Waals surface area contributed by atoms with Crippen LogP contribution >= 0.6 is 0 Å². The Morgan fingerprint density at radius 2 is 1.71 bits per heavy atom. The number of nitrogens with zero attached hydrogens (tertiary/aromatic N) is 1. The van der Waals surface area contributed by atoms with E-state index in [2.05, 4.69) is 5.32 Å². The Labute approximate surface area is 161 Å². The molecule has 28 heavy (non-hydrogen) atoms. The Morgan fingerprint density at radius 3 is 2.21 bits per heavy atom. The highest BCUT2D eigenvalue weighted by Gasteiger charge is 2.42. The number of benzene rings is 1. The van der Waals surface area contributed by atoms with Crippen molar-refractivity contribution < 1.29 is 32.3 Å². The van der Waals surface area contributed by atoms with Crippen LogP contribution in [0.2, 0.25) is 0 Å².